The van der Waals surface area contributed by atoms with E-state index in [0.717, 1.165) is 80.9 Å². The molecule has 2 aromatic rings. The molecule has 2 aliphatic rings. The van der Waals surface area contributed by atoms with Gasteiger partial charge >= 0.3 is 0 Å². The van der Waals surface area contributed by atoms with Crippen LogP contribution in [0.1, 0.15) is 88.9 Å². The van der Waals surface area contributed by atoms with E-state index < -0.39 is 6.04 Å². The number of piperidine rings is 1. The van der Waals surface area contributed by atoms with Crippen molar-refractivity contribution in [2.24, 2.45) is 17.4 Å². The van der Waals surface area contributed by atoms with Crippen LogP contribution in [0.5, 0.6) is 0 Å². The molecule has 188 valence electrons. The average Bonchev–Trinajstić information content (AvgIpc) is 3.43. The van der Waals surface area contributed by atoms with Crippen molar-refractivity contribution in [3.63, 3.8) is 0 Å². The third-order valence-corrected chi connectivity index (χ3v) is 7.55. The van der Waals surface area contributed by atoms with Gasteiger partial charge in [0.15, 0.2) is 5.65 Å². The fourth-order valence-corrected chi connectivity index (χ4v) is 5.59. The van der Waals surface area contributed by atoms with Crippen molar-refractivity contribution in [2.75, 3.05) is 24.5 Å². The summed E-state index contributed by atoms with van der Waals surface area (Å²) in [5.74, 6) is 1.52. The lowest BCUT2D eigenvalue weighted by Gasteiger charge is -2.36. The minimum absolute atomic E-state index is 0.0339. The molecule has 2 saturated heterocycles. The van der Waals surface area contributed by atoms with Gasteiger partial charge in [-0.15, -0.1) is 0 Å². The second-order valence-corrected chi connectivity index (χ2v) is 10.6. The molecule has 0 radical (unpaired) electrons. The maximum atomic E-state index is 13.4. The molecule has 4 rings (SSSR count). The molecule has 1 amide bonds. The molecule has 34 heavy (non-hydrogen) atoms. The van der Waals surface area contributed by atoms with Gasteiger partial charge in [0.2, 0.25) is 5.91 Å². The first-order valence-corrected chi connectivity index (χ1v) is 13.3. The highest BCUT2D eigenvalue weighted by Gasteiger charge is 2.33. The van der Waals surface area contributed by atoms with Crippen molar-refractivity contribution in [1.82, 2.24) is 19.5 Å². The summed E-state index contributed by atoms with van der Waals surface area (Å²) in [6.45, 7) is 9.03. The Morgan fingerprint density at radius 2 is 2.06 bits per heavy atom. The van der Waals surface area contributed by atoms with Crippen molar-refractivity contribution < 1.29 is 4.79 Å². The Morgan fingerprint density at radius 1 is 1.24 bits per heavy atom. The molecule has 0 saturated carbocycles. The molecule has 4 atom stereocenters. The molecule has 2 aliphatic heterocycles. The number of hydrogen-bond acceptors (Lipinski definition) is 6. The van der Waals surface area contributed by atoms with Crippen LogP contribution in [0.25, 0.3) is 5.65 Å². The molecule has 8 heteroatoms. The Hall–Kier alpha value is -2.19. The van der Waals surface area contributed by atoms with Crippen LogP contribution in [0.3, 0.4) is 0 Å². The van der Waals surface area contributed by atoms with Gasteiger partial charge in [-0.3, -0.25) is 4.79 Å². The smallest absolute Gasteiger partial charge is 0.240 e. The number of nitrogens with zero attached hydrogens (tertiary/aromatic N) is 5. The summed E-state index contributed by atoms with van der Waals surface area (Å²) in [5, 5.41) is 4.86. The summed E-state index contributed by atoms with van der Waals surface area (Å²) in [7, 11) is 0. The standard InChI is InChI=1S/C26H43N7O/c1-4-5-6-9-18(2)14-21(28)26(34)32-12-8-7-10-23(32)22-15-24-29-25(19(3)16-33(24)30-22)31-13-11-20(27)17-31/h15-16,18,20-21,23H,4-14,17,27-28H2,1-3H3. The number of likely N-dealkylation sites (tertiary alicyclic amines) is 1. The molecule has 0 aliphatic carbocycles. The van der Waals surface area contributed by atoms with Crippen molar-refractivity contribution in [3.05, 3.63) is 23.5 Å². The molecule has 2 aromatic heterocycles. The fraction of sp³-hybridized carbons (Fsp3) is 0.731. The number of fused-ring (bicyclic) bond motifs is 1. The van der Waals surface area contributed by atoms with Gasteiger partial charge in [-0.25, -0.2) is 9.50 Å². The molecule has 8 nitrogen and oxygen atoms in total. The normalized spacial score (nSPS) is 23.0. The minimum Gasteiger partial charge on any atom is -0.355 e. The Labute approximate surface area is 204 Å². The lowest BCUT2D eigenvalue weighted by Crippen LogP contribution is -2.48. The third kappa shape index (κ3) is 5.54. The van der Waals surface area contributed by atoms with E-state index in [1.54, 1.807) is 0 Å². The topological polar surface area (TPSA) is 106 Å². The molecule has 4 N–H and O–H groups in total. The van der Waals surface area contributed by atoms with E-state index in [2.05, 4.69) is 25.7 Å². The Morgan fingerprint density at radius 3 is 2.79 bits per heavy atom. The number of aryl methyl sites for hydroxylation is 1. The van der Waals surface area contributed by atoms with Crippen molar-refractivity contribution >= 4 is 17.4 Å². The van der Waals surface area contributed by atoms with E-state index >= 15 is 0 Å². The fourth-order valence-electron chi connectivity index (χ4n) is 5.59. The molecule has 4 unspecified atom stereocenters. The number of carbonyl (C=O) groups is 1. The summed E-state index contributed by atoms with van der Waals surface area (Å²) >= 11 is 0. The van der Waals surface area contributed by atoms with Crippen LogP contribution in [0, 0.1) is 12.8 Å². The quantitative estimate of drug-likeness (QED) is 0.544. The highest BCUT2D eigenvalue weighted by molar-refractivity contribution is 5.82. The molecule has 0 aromatic carbocycles. The summed E-state index contributed by atoms with van der Waals surface area (Å²) in [4.78, 5) is 22.6. The van der Waals surface area contributed by atoms with E-state index in [9.17, 15) is 4.79 Å². The zero-order valence-electron chi connectivity index (χ0n) is 21.2. The van der Waals surface area contributed by atoms with Crippen molar-refractivity contribution in [2.45, 2.75) is 96.7 Å². The maximum Gasteiger partial charge on any atom is 0.240 e. The molecular formula is C26H43N7O. The number of nitrogens with two attached hydrogens (primary N) is 2. The van der Waals surface area contributed by atoms with Crippen molar-refractivity contribution in [1.29, 1.82) is 0 Å². The number of rotatable bonds is 9. The van der Waals surface area contributed by atoms with Crippen LogP contribution < -0.4 is 16.4 Å². The van der Waals surface area contributed by atoms with E-state index in [1.165, 1.54) is 19.3 Å². The highest BCUT2D eigenvalue weighted by atomic mass is 16.2. The zero-order valence-corrected chi connectivity index (χ0v) is 21.2. The lowest BCUT2D eigenvalue weighted by atomic mass is 9.93. The molecule has 0 bridgehead atoms. The van der Waals surface area contributed by atoms with Gasteiger partial charge in [-0.05, 0) is 44.9 Å². The van der Waals surface area contributed by atoms with Gasteiger partial charge in [-0.1, -0.05) is 39.5 Å². The van der Waals surface area contributed by atoms with E-state index in [4.69, 9.17) is 21.5 Å². The third-order valence-electron chi connectivity index (χ3n) is 7.55. The van der Waals surface area contributed by atoms with Crippen LogP contribution in [-0.2, 0) is 4.79 Å². The summed E-state index contributed by atoms with van der Waals surface area (Å²) in [5.41, 5.74) is 15.4. The monoisotopic (exact) mass is 469 g/mol. The van der Waals surface area contributed by atoms with Gasteiger partial charge in [-0.2, -0.15) is 5.10 Å². The number of unbranched alkanes of at least 4 members (excludes halogenated alkanes) is 2. The second-order valence-electron chi connectivity index (χ2n) is 10.6. The average molecular weight is 470 g/mol. The summed E-state index contributed by atoms with van der Waals surface area (Å²) < 4.78 is 1.86. The molecule has 4 heterocycles. The second kappa shape index (κ2) is 11.0. The van der Waals surface area contributed by atoms with Crippen LogP contribution in [0.4, 0.5) is 5.82 Å². The van der Waals surface area contributed by atoms with Crippen LogP contribution in [-0.4, -0.2) is 57.1 Å². The molecular weight excluding hydrogens is 426 g/mol. The molecule has 0 spiro atoms. The molecule has 2 fully saturated rings. The summed E-state index contributed by atoms with van der Waals surface area (Å²) in [6.07, 6.45) is 11.6. The predicted octanol–water partition coefficient (Wildman–Crippen LogP) is 3.56. The summed E-state index contributed by atoms with van der Waals surface area (Å²) in [6, 6.07) is 1.78. The lowest BCUT2D eigenvalue weighted by molar-refractivity contribution is -0.137. The number of anilines is 1. The van der Waals surface area contributed by atoms with Gasteiger partial charge < -0.3 is 21.3 Å². The van der Waals surface area contributed by atoms with E-state index in [-0.39, 0.29) is 18.0 Å². The Bertz CT molecular complexity index is 973. The van der Waals surface area contributed by atoms with Crippen LogP contribution in [0.2, 0.25) is 0 Å². The SMILES string of the molecule is CCCCCC(C)CC(N)C(=O)N1CCCCC1c1cc2nc(N3CCC(N)C3)c(C)cn2n1. The number of aromatic nitrogens is 3. The van der Waals surface area contributed by atoms with Gasteiger partial charge in [0, 0.05) is 43.5 Å². The number of carbonyl (C=O) groups excluding carboxylic acids is 1. The number of amides is 1. The minimum atomic E-state index is -0.444. The van der Waals surface area contributed by atoms with E-state index in [1.807, 2.05) is 21.7 Å². The number of hydrogen-bond donors (Lipinski definition) is 2. The first-order chi connectivity index (χ1) is 16.4. The van der Waals surface area contributed by atoms with Gasteiger partial charge in [0.05, 0.1) is 17.8 Å². The van der Waals surface area contributed by atoms with Crippen LogP contribution >= 0.6 is 0 Å². The first kappa shape index (κ1) is 24.9. The van der Waals surface area contributed by atoms with Gasteiger partial charge in [0.25, 0.3) is 0 Å². The van der Waals surface area contributed by atoms with Crippen molar-refractivity contribution in [3.8, 4) is 0 Å². The first-order valence-electron chi connectivity index (χ1n) is 13.3. The Kier molecular flexibility index (Phi) is 8.09. The van der Waals surface area contributed by atoms with E-state index in [0.29, 0.717) is 5.92 Å². The van der Waals surface area contributed by atoms with Crippen LogP contribution in [0.15, 0.2) is 12.3 Å². The zero-order chi connectivity index (χ0) is 24.2. The Balaban J connectivity index is 1.50. The highest BCUT2D eigenvalue weighted by Crippen LogP contribution is 2.32. The largest absolute Gasteiger partial charge is 0.355 e. The predicted molar refractivity (Wildman–Crippen MR) is 137 cm³/mol. The van der Waals surface area contributed by atoms with Gasteiger partial charge in [0.1, 0.15) is 5.82 Å². The maximum absolute atomic E-state index is 13.4.